The van der Waals surface area contributed by atoms with Gasteiger partial charge in [0, 0.05) is 19.2 Å². The van der Waals surface area contributed by atoms with Gasteiger partial charge in [-0.3, -0.25) is 4.79 Å². The smallest absolute Gasteiger partial charge is 0.233 e. The molecule has 1 aromatic heterocycles. The number of carbonyl (C=O) groups excluding carboxylic acids is 1. The van der Waals surface area contributed by atoms with Gasteiger partial charge in [-0.05, 0) is 35.5 Å². The summed E-state index contributed by atoms with van der Waals surface area (Å²) in [5, 5.41) is 12.4. The molecule has 8 heteroatoms. The number of thioether (sulfide) groups is 1. The van der Waals surface area contributed by atoms with E-state index in [1.165, 1.54) is 11.8 Å². The van der Waals surface area contributed by atoms with Crippen LogP contribution >= 0.6 is 11.8 Å². The van der Waals surface area contributed by atoms with Gasteiger partial charge in [-0.15, -0.1) is 5.10 Å². The van der Waals surface area contributed by atoms with E-state index in [0.717, 1.165) is 22.6 Å². The Bertz CT molecular complexity index is 910. The van der Waals surface area contributed by atoms with Crippen LogP contribution in [0.25, 0.3) is 5.69 Å². The molecule has 0 atom stereocenters. The van der Waals surface area contributed by atoms with Crippen molar-refractivity contribution in [2.45, 2.75) is 18.6 Å². The lowest BCUT2D eigenvalue weighted by Gasteiger charge is -2.18. The number of amides is 1. The van der Waals surface area contributed by atoms with Gasteiger partial charge in [-0.1, -0.05) is 47.7 Å². The quantitative estimate of drug-likeness (QED) is 0.584. The minimum Gasteiger partial charge on any atom is -0.496 e. The van der Waals surface area contributed by atoms with Crippen LogP contribution < -0.4 is 4.74 Å². The third-order valence-corrected chi connectivity index (χ3v) is 4.97. The second kappa shape index (κ2) is 8.68. The fourth-order valence-corrected chi connectivity index (χ4v) is 3.36. The molecule has 0 saturated heterocycles. The molecule has 0 aliphatic heterocycles. The summed E-state index contributed by atoms with van der Waals surface area (Å²) >= 11 is 1.31. The lowest BCUT2D eigenvalue weighted by molar-refractivity contribution is -0.127. The van der Waals surface area contributed by atoms with E-state index < -0.39 is 0 Å². The van der Waals surface area contributed by atoms with E-state index in [1.807, 2.05) is 55.5 Å². The molecule has 0 bridgehead atoms. The van der Waals surface area contributed by atoms with Crippen LogP contribution in [0.15, 0.2) is 53.7 Å². The Kier molecular flexibility index (Phi) is 6.08. The normalized spacial score (nSPS) is 10.6. The van der Waals surface area contributed by atoms with Gasteiger partial charge in [0.2, 0.25) is 11.1 Å². The number of aromatic nitrogens is 4. The zero-order chi connectivity index (χ0) is 19.2. The van der Waals surface area contributed by atoms with Gasteiger partial charge in [0.05, 0.1) is 18.6 Å². The molecule has 0 saturated carbocycles. The van der Waals surface area contributed by atoms with Gasteiger partial charge in [0.25, 0.3) is 0 Å². The van der Waals surface area contributed by atoms with Crippen molar-refractivity contribution in [3.63, 3.8) is 0 Å². The Hall–Kier alpha value is -2.87. The lowest BCUT2D eigenvalue weighted by Crippen LogP contribution is -2.28. The first-order valence-corrected chi connectivity index (χ1v) is 9.41. The number of para-hydroxylation sites is 1. The van der Waals surface area contributed by atoms with Crippen molar-refractivity contribution in [1.29, 1.82) is 0 Å². The molecule has 27 heavy (non-hydrogen) atoms. The van der Waals surface area contributed by atoms with Crippen LogP contribution in [-0.2, 0) is 11.3 Å². The molecule has 0 aliphatic carbocycles. The Balaban J connectivity index is 1.62. The van der Waals surface area contributed by atoms with Gasteiger partial charge < -0.3 is 9.64 Å². The zero-order valence-corrected chi connectivity index (χ0v) is 16.3. The zero-order valence-electron chi connectivity index (χ0n) is 15.5. The van der Waals surface area contributed by atoms with E-state index >= 15 is 0 Å². The molecule has 0 N–H and O–H groups in total. The number of methoxy groups -OCH3 is 1. The van der Waals surface area contributed by atoms with Crippen molar-refractivity contribution in [2.24, 2.45) is 0 Å². The molecule has 0 aliphatic rings. The molecule has 0 spiro atoms. The van der Waals surface area contributed by atoms with Gasteiger partial charge in [0.1, 0.15) is 5.75 Å². The number of nitrogens with zero attached hydrogens (tertiary/aromatic N) is 5. The Morgan fingerprint density at radius 2 is 1.93 bits per heavy atom. The average molecular weight is 383 g/mol. The third kappa shape index (κ3) is 4.65. The summed E-state index contributed by atoms with van der Waals surface area (Å²) in [5.41, 5.74) is 2.99. The van der Waals surface area contributed by atoms with Crippen LogP contribution in [0.2, 0.25) is 0 Å². The SMILES string of the molecule is COc1ccccc1CN(C)C(=O)CSc1nnnn1-c1ccc(C)cc1. The van der Waals surface area contributed by atoms with Gasteiger partial charge in [0.15, 0.2) is 0 Å². The predicted octanol–water partition coefficient (Wildman–Crippen LogP) is 2.73. The standard InChI is InChI=1S/C19H21N5O2S/c1-14-8-10-16(11-9-14)24-19(20-21-22-24)27-13-18(25)23(2)12-15-6-4-5-7-17(15)26-3/h4-11H,12-13H2,1-3H3. The predicted molar refractivity (Wildman–Crippen MR) is 104 cm³/mol. The Morgan fingerprint density at radius 1 is 1.19 bits per heavy atom. The summed E-state index contributed by atoms with van der Waals surface area (Å²) < 4.78 is 6.98. The van der Waals surface area contributed by atoms with Gasteiger partial charge in [-0.2, -0.15) is 4.68 Å². The average Bonchev–Trinajstić information content (AvgIpc) is 3.15. The lowest BCUT2D eigenvalue weighted by atomic mass is 10.2. The van der Waals surface area contributed by atoms with Crippen molar-refractivity contribution in [1.82, 2.24) is 25.1 Å². The minimum atomic E-state index is -0.00985. The molecule has 3 aromatic rings. The number of tetrazole rings is 1. The number of ether oxygens (including phenoxy) is 1. The van der Waals surface area contributed by atoms with Crippen molar-refractivity contribution < 1.29 is 9.53 Å². The molecular formula is C19H21N5O2S. The number of benzene rings is 2. The minimum absolute atomic E-state index is 0.00985. The maximum Gasteiger partial charge on any atom is 0.233 e. The van der Waals surface area contributed by atoms with Crippen molar-refractivity contribution in [3.05, 3.63) is 59.7 Å². The first-order chi connectivity index (χ1) is 13.1. The molecule has 1 heterocycles. The molecular weight excluding hydrogens is 362 g/mol. The summed E-state index contributed by atoms with van der Waals surface area (Å²) in [4.78, 5) is 14.2. The van der Waals surface area contributed by atoms with Crippen molar-refractivity contribution in [3.8, 4) is 11.4 Å². The molecule has 0 fully saturated rings. The molecule has 1 amide bonds. The molecule has 140 valence electrons. The Labute approximate surface area is 162 Å². The second-order valence-electron chi connectivity index (χ2n) is 6.06. The van der Waals surface area contributed by atoms with Crippen LogP contribution in [0.4, 0.5) is 0 Å². The van der Waals surface area contributed by atoms with Gasteiger partial charge >= 0.3 is 0 Å². The van der Waals surface area contributed by atoms with E-state index in [4.69, 9.17) is 4.74 Å². The summed E-state index contributed by atoms with van der Waals surface area (Å²) in [6, 6.07) is 15.6. The Morgan fingerprint density at radius 3 is 2.67 bits per heavy atom. The summed E-state index contributed by atoms with van der Waals surface area (Å²) in [5.74, 6) is 1.01. The van der Waals surface area contributed by atoms with Crippen LogP contribution in [0.5, 0.6) is 5.75 Å². The van der Waals surface area contributed by atoms with E-state index in [0.29, 0.717) is 11.7 Å². The molecule has 2 aromatic carbocycles. The highest BCUT2D eigenvalue weighted by molar-refractivity contribution is 7.99. The maximum absolute atomic E-state index is 12.5. The summed E-state index contributed by atoms with van der Waals surface area (Å²) in [6.45, 7) is 2.50. The van der Waals surface area contributed by atoms with Crippen LogP contribution in [0, 0.1) is 6.92 Å². The fraction of sp³-hybridized carbons (Fsp3) is 0.263. The van der Waals surface area contributed by atoms with Crippen LogP contribution in [-0.4, -0.2) is 50.9 Å². The van der Waals surface area contributed by atoms with Crippen LogP contribution in [0.3, 0.4) is 0 Å². The molecule has 0 radical (unpaired) electrons. The van der Waals surface area contributed by atoms with Crippen LogP contribution in [0.1, 0.15) is 11.1 Å². The first kappa shape index (κ1) is 18.9. The fourth-order valence-electron chi connectivity index (χ4n) is 2.53. The summed E-state index contributed by atoms with van der Waals surface area (Å²) in [7, 11) is 3.40. The highest BCUT2D eigenvalue weighted by Gasteiger charge is 2.15. The van der Waals surface area contributed by atoms with E-state index in [1.54, 1.807) is 23.7 Å². The molecule has 7 nitrogen and oxygen atoms in total. The third-order valence-electron chi connectivity index (χ3n) is 4.07. The largest absolute Gasteiger partial charge is 0.496 e. The number of hydrogen-bond acceptors (Lipinski definition) is 6. The number of aryl methyl sites for hydroxylation is 1. The second-order valence-corrected chi connectivity index (χ2v) is 7.00. The molecule has 0 unspecified atom stereocenters. The first-order valence-electron chi connectivity index (χ1n) is 8.42. The molecule has 3 rings (SSSR count). The highest BCUT2D eigenvalue weighted by Crippen LogP contribution is 2.21. The topological polar surface area (TPSA) is 73.1 Å². The van der Waals surface area contributed by atoms with E-state index in [-0.39, 0.29) is 11.7 Å². The monoisotopic (exact) mass is 383 g/mol. The highest BCUT2D eigenvalue weighted by atomic mass is 32.2. The number of carbonyl (C=O) groups is 1. The van der Waals surface area contributed by atoms with E-state index in [2.05, 4.69) is 15.5 Å². The number of rotatable bonds is 7. The van der Waals surface area contributed by atoms with Crippen molar-refractivity contribution >= 4 is 17.7 Å². The maximum atomic E-state index is 12.5. The van der Waals surface area contributed by atoms with E-state index in [9.17, 15) is 4.79 Å². The number of hydrogen-bond donors (Lipinski definition) is 0. The van der Waals surface area contributed by atoms with Crippen molar-refractivity contribution in [2.75, 3.05) is 19.9 Å². The van der Waals surface area contributed by atoms with Gasteiger partial charge in [-0.25, -0.2) is 0 Å². The summed E-state index contributed by atoms with van der Waals surface area (Å²) in [6.07, 6.45) is 0.